The molecule has 0 saturated carbocycles. The van der Waals surface area contributed by atoms with Gasteiger partial charge in [0.05, 0.1) is 0 Å². The van der Waals surface area contributed by atoms with E-state index in [1.165, 1.54) is 43.9 Å². The van der Waals surface area contributed by atoms with Gasteiger partial charge in [-0.1, -0.05) is 24.3 Å². The molecule has 100 valence electrons. The molecular formula is C15H25N3. The first-order valence-corrected chi connectivity index (χ1v) is 6.97. The van der Waals surface area contributed by atoms with E-state index in [0.29, 0.717) is 0 Å². The number of rotatable bonds is 5. The molecule has 1 saturated heterocycles. The maximum atomic E-state index is 5.56. The highest BCUT2D eigenvalue weighted by atomic mass is 15.2. The van der Waals surface area contributed by atoms with Crippen LogP contribution in [0, 0.1) is 0 Å². The Balaban J connectivity index is 1.76. The number of hydrogen-bond donors (Lipinski definition) is 1. The lowest BCUT2D eigenvalue weighted by Gasteiger charge is -2.32. The Kier molecular flexibility index (Phi) is 5.17. The van der Waals surface area contributed by atoms with Crippen molar-refractivity contribution >= 4 is 0 Å². The second-order valence-electron chi connectivity index (χ2n) is 5.25. The van der Waals surface area contributed by atoms with Gasteiger partial charge in [-0.2, -0.15) is 0 Å². The largest absolute Gasteiger partial charge is 0.330 e. The molecule has 3 nitrogen and oxygen atoms in total. The molecule has 1 aromatic rings. The average molecular weight is 247 g/mol. The van der Waals surface area contributed by atoms with Crippen molar-refractivity contribution in [2.75, 3.05) is 46.3 Å². The summed E-state index contributed by atoms with van der Waals surface area (Å²) in [6, 6.07) is 8.93. The van der Waals surface area contributed by atoms with Crippen molar-refractivity contribution < 1.29 is 0 Å². The summed E-state index contributed by atoms with van der Waals surface area (Å²) >= 11 is 0. The zero-order valence-corrected chi connectivity index (χ0v) is 11.4. The fraction of sp³-hybridized carbons (Fsp3) is 0.600. The van der Waals surface area contributed by atoms with Gasteiger partial charge in [0.15, 0.2) is 0 Å². The van der Waals surface area contributed by atoms with Gasteiger partial charge in [0.25, 0.3) is 0 Å². The Bertz CT molecular complexity index is 339. The zero-order chi connectivity index (χ0) is 12.8. The summed E-state index contributed by atoms with van der Waals surface area (Å²) < 4.78 is 0. The number of piperazine rings is 1. The maximum absolute atomic E-state index is 5.56. The summed E-state index contributed by atoms with van der Waals surface area (Å²) in [7, 11) is 2.20. The minimum atomic E-state index is 0.737. The monoisotopic (exact) mass is 247 g/mol. The Hall–Kier alpha value is -0.900. The van der Waals surface area contributed by atoms with Crippen molar-refractivity contribution in [2.45, 2.75) is 12.8 Å². The smallest absolute Gasteiger partial charge is 0.0110 e. The van der Waals surface area contributed by atoms with E-state index in [0.717, 1.165) is 19.4 Å². The standard InChI is InChI=1S/C15H25N3/c1-17-10-12-18(13-11-17)9-7-15-4-2-14(3-5-15)6-8-16/h2-5H,6-13,16H2,1H3. The third-order valence-corrected chi connectivity index (χ3v) is 3.77. The van der Waals surface area contributed by atoms with Gasteiger partial charge in [0.1, 0.15) is 0 Å². The van der Waals surface area contributed by atoms with Crippen LogP contribution in [0.15, 0.2) is 24.3 Å². The second kappa shape index (κ2) is 6.88. The zero-order valence-electron chi connectivity index (χ0n) is 11.4. The van der Waals surface area contributed by atoms with Gasteiger partial charge < -0.3 is 15.5 Å². The average Bonchev–Trinajstić information content (AvgIpc) is 2.40. The van der Waals surface area contributed by atoms with Crippen molar-refractivity contribution in [3.8, 4) is 0 Å². The van der Waals surface area contributed by atoms with Crippen LogP contribution in [0.3, 0.4) is 0 Å². The predicted molar refractivity (Wildman–Crippen MR) is 76.8 cm³/mol. The van der Waals surface area contributed by atoms with Crippen molar-refractivity contribution in [1.29, 1.82) is 0 Å². The van der Waals surface area contributed by atoms with Crippen molar-refractivity contribution in [3.05, 3.63) is 35.4 Å². The van der Waals surface area contributed by atoms with Crippen LogP contribution >= 0.6 is 0 Å². The molecule has 0 aromatic heterocycles. The highest BCUT2D eigenvalue weighted by molar-refractivity contribution is 5.23. The van der Waals surface area contributed by atoms with E-state index in [4.69, 9.17) is 5.73 Å². The molecular weight excluding hydrogens is 222 g/mol. The van der Waals surface area contributed by atoms with Gasteiger partial charge in [-0.25, -0.2) is 0 Å². The lowest BCUT2D eigenvalue weighted by Crippen LogP contribution is -2.45. The van der Waals surface area contributed by atoms with Crippen LogP contribution in [0.5, 0.6) is 0 Å². The number of benzene rings is 1. The van der Waals surface area contributed by atoms with Crippen LogP contribution in [0.4, 0.5) is 0 Å². The third-order valence-electron chi connectivity index (χ3n) is 3.77. The highest BCUT2D eigenvalue weighted by Gasteiger charge is 2.12. The van der Waals surface area contributed by atoms with Gasteiger partial charge >= 0.3 is 0 Å². The number of nitrogens with zero attached hydrogens (tertiary/aromatic N) is 2. The second-order valence-corrected chi connectivity index (χ2v) is 5.25. The molecule has 1 aromatic carbocycles. The first kappa shape index (κ1) is 13.5. The molecule has 0 radical (unpaired) electrons. The normalized spacial score (nSPS) is 18.1. The van der Waals surface area contributed by atoms with Crippen LogP contribution in [0.25, 0.3) is 0 Å². The quantitative estimate of drug-likeness (QED) is 0.842. The molecule has 0 spiro atoms. The highest BCUT2D eigenvalue weighted by Crippen LogP contribution is 2.07. The number of likely N-dealkylation sites (N-methyl/N-ethyl adjacent to an activating group) is 1. The Morgan fingerprint density at radius 1 is 0.944 bits per heavy atom. The molecule has 0 amide bonds. The van der Waals surface area contributed by atoms with E-state index in [1.807, 2.05) is 0 Å². The van der Waals surface area contributed by atoms with E-state index in [-0.39, 0.29) is 0 Å². The third kappa shape index (κ3) is 4.09. The van der Waals surface area contributed by atoms with Gasteiger partial charge in [-0.3, -0.25) is 0 Å². The molecule has 0 atom stereocenters. The van der Waals surface area contributed by atoms with E-state index in [9.17, 15) is 0 Å². The fourth-order valence-corrected chi connectivity index (χ4v) is 2.40. The van der Waals surface area contributed by atoms with Crippen LogP contribution < -0.4 is 5.73 Å². The SMILES string of the molecule is CN1CCN(CCc2ccc(CCN)cc2)CC1. The molecule has 0 unspecified atom stereocenters. The lowest BCUT2D eigenvalue weighted by molar-refractivity contribution is 0.155. The van der Waals surface area contributed by atoms with E-state index >= 15 is 0 Å². The first-order valence-electron chi connectivity index (χ1n) is 6.97. The minimum Gasteiger partial charge on any atom is -0.330 e. The van der Waals surface area contributed by atoms with Crippen LogP contribution in [0.2, 0.25) is 0 Å². The number of nitrogens with two attached hydrogens (primary N) is 1. The van der Waals surface area contributed by atoms with Crippen molar-refractivity contribution in [2.24, 2.45) is 5.73 Å². The first-order chi connectivity index (χ1) is 8.78. The lowest BCUT2D eigenvalue weighted by atomic mass is 10.1. The summed E-state index contributed by atoms with van der Waals surface area (Å²) in [5.41, 5.74) is 8.34. The van der Waals surface area contributed by atoms with E-state index in [1.54, 1.807) is 0 Å². The summed E-state index contributed by atoms with van der Waals surface area (Å²) in [5, 5.41) is 0. The summed E-state index contributed by atoms with van der Waals surface area (Å²) in [6.45, 7) is 6.75. The number of hydrogen-bond acceptors (Lipinski definition) is 3. The molecule has 18 heavy (non-hydrogen) atoms. The van der Waals surface area contributed by atoms with E-state index < -0.39 is 0 Å². The molecule has 0 aliphatic carbocycles. The molecule has 1 aliphatic heterocycles. The summed E-state index contributed by atoms with van der Waals surface area (Å²) in [5.74, 6) is 0. The molecule has 1 fully saturated rings. The maximum Gasteiger partial charge on any atom is 0.0110 e. The minimum absolute atomic E-state index is 0.737. The summed E-state index contributed by atoms with van der Waals surface area (Å²) in [6.07, 6.45) is 2.14. The Labute approximate surface area is 111 Å². The van der Waals surface area contributed by atoms with Crippen LogP contribution in [-0.4, -0.2) is 56.1 Å². The Morgan fingerprint density at radius 2 is 1.50 bits per heavy atom. The summed E-state index contributed by atoms with van der Waals surface area (Å²) in [4.78, 5) is 4.96. The topological polar surface area (TPSA) is 32.5 Å². The van der Waals surface area contributed by atoms with E-state index in [2.05, 4.69) is 41.1 Å². The van der Waals surface area contributed by atoms with Crippen molar-refractivity contribution in [1.82, 2.24) is 9.80 Å². The van der Waals surface area contributed by atoms with Crippen LogP contribution in [-0.2, 0) is 12.8 Å². The van der Waals surface area contributed by atoms with Crippen molar-refractivity contribution in [3.63, 3.8) is 0 Å². The van der Waals surface area contributed by atoms with Gasteiger partial charge in [-0.05, 0) is 37.6 Å². The van der Waals surface area contributed by atoms with Gasteiger partial charge in [-0.15, -0.1) is 0 Å². The Morgan fingerprint density at radius 3 is 2.06 bits per heavy atom. The molecule has 2 rings (SSSR count). The predicted octanol–water partition coefficient (Wildman–Crippen LogP) is 0.978. The molecule has 0 bridgehead atoms. The molecule has 1 heterocycles. The molecule has 2 N–H and O–H groups in total. The van der Waals surface area contributed by atoms with Crippen LogP contribution in [0.1, 0.15) is 11.1 Å². The molecule has 3 heteroatoms. The van der Waals surface area contributed by atoms with Gasteiger partial charge in [0.2, 0.25) is 0 Å². The molecule has 1 aliphatic rings. The fourth-order valence-electron chi connectivity index (χ4n) is 2.40. The van der Waals surface area contributed by atoms with Gasteiger partial charge in [0, 0.05) is 32.7 Å².